The number of nitrogen functional groups attached to an aromatic ring is 1. The summed E-state index contributed by atoms with van der Waals surface area (Å²) < 4.78 is 1.19. The topological polar surface area (TPSA) is 234 Å². The number of imide groups is 3. The smallest absolute Gasteiger partial charge is 0.261 e. The van der Waals surface area contributed by atoms with Crippen LogP contribution in [-0.2, 0) is 21.7 Å². The Morgan fingerprint density at radius 1 is 0.379 bits per heavy atom. The minimum Gasteiger partial charge on any atom is -0.505 e. The van der Waals surface area contributed by atoms with Gasteiger partial charge in [-0.05, 0) is 133 Å². The number of nitrogens with two attached hydrogens (primary N) is 1. The van der Waals surface area contributed by atoms with Crippen molar-refractivity contribution in [3.8, 4) is 17.2 Å². The van der Waals surface area contributed by atoms with Gasteiger partial charge < -0.3 is 15.9 Å². The fraction of sp³-hybridized carbons (Fsp3) is 0.286. The van der Waals surface area contributed by atoms with Gasteiger partial charge in [0.05, 0.1) is 33.4 Å². The molecule has 0 saturated heterocycles. The molecule has 19 heteroatoms. The summed E-state index contributed by atoms with van der Waals surface area (Å²) >= 11 is 6.78. The zero-order valence-electron chi connectivity index (χ0n) is 59.9. The first-order chi connectivity index (χ1) is 49.1. The first-order valence-electron chi connectivity index (χ1n) is 34.9. The van der Waals surface area contributed by atoms with Crippen molar-refractivity contribution in [1.82, 2.24) is 29.7 Å². The molecule has 103 heavy (non-hydrogen) atoms. The minimum absolute atomic E-state index is 0.0412. The summed E-state index contributed by atoms with van der Waals surface area (Å²) in [5.74, 6) is -1.56. The Kier molecular flexibility index (Phi) is 21.5. The second-order valence-electron chi connectivity index (χ2n) is 28.4. The van der Waals surface area contributed by atoms with Gasteiger partial charge >= 0.3 is 0 Å². The number of phenolic OH excluding ortho intramolecular Hbond substituents is 2. The van der Waals surface area contributed by atoms with Gasteiger partial charge in [0, 0.05) is 67.1 Å². The Morgan fingerprint density at radius 2 is 0.699 bits per heavy atom. The maximum absolute atomic E-state index is 13.1. The van der Waals surface area contributed by atoms with E-state index < -0.39 is 21.7 Å². The molecule has 3 aliphatic heterocycles. The number of benzene rings is 9. The summed E-state index contributed by atoms with van der Waals surface area (Å²) in [6, 6.07) is 58.3. The van der Waals surface area contributed by atoms with Gasteiger partial charge in [0.1, 0.15) is 39.6 Å². The molecule has 6 amide bonds. The molecule has 4 N–H and O–H groups in total. The molecule has 0 fully saturated rings. The SMILES string of the molecule is CCCCN1C(=O)c2cc(Br)c(N=Nc3cc(C(C)(C)c4ccccc4)cc(C(C)(C)c4ccccc4)c3O)cc2C1=O.CCCCN1C(=O)c2cc(N)c(Br)cc2C1=O.CCCCN1C(=O)c2cc3nn(-c4cc(C(C)(C)c5ccccc5)cc(C(C)(C)c5ccccc5)c4O)nc3cc2C1=O. The van der Waals surface area contributed by atoms with Crippen molar-refractivity contribution in [1.29, 1.82) is 0 Å². The summed E-state index contributed by atoms with van der Waals surface area (Å²) in [6.07, 6.45) is 5.03. The van der Waals surface area contributed by atoms with Gasteiger partial charge in [-0.2, -0.15) is 0 Å². The Labute approximate surface area is 618 Å². The molecule has 4 heterocycles. The lowest BCUT2D eigenvalue weighted by Gasteiger charge is -2.32. The van der Waals surface area contributed by atoms with Crippen LogP contribution >= 0.6 is 31.9 Å². The first-order valence-corrected chi connectivity index (χ1v) is 36.5. The molecular formula is C84H85Br2N9O8. The van der Waals surface area contributed by atoms with Crippen molar-refractivity contribution < 1.29 is 39.0 Å². The summed E-state index contributed by atoms with van der Waals surface area (Å²) in [6.45, 7) is 24.3. The zero-order chi connectivity index (χ0) is 74.0. The van der Waals surface area contributed by atoms with Crippen LogP contribution in [0.25, 0.3) is 16.7 Å². The molecule has 0 aliphatic carbocycles. The second kappa shape index (κ2) is 30.0. The van der Waals surface area contributed by atoms with Crippen LogP contribution in [0, 0.1) is 0 Å². The number of rotatable bonds is 20. The Bertz CT molecular complexity index is 4880. The van der Waals surface area contributed by atoms with Crippen molar-refractivity contribution in [2.45, 2.75) is 136 Å². The molecule has 528 valence electrons. The van der Waals surface area contributed by atoms with Gasteiger partial charge in [0.25, 0.3) is 35.4 Å². The average molecular weight is 1510 g/mol. The molecule has 0 spiro atoms. The van der Waals surface area contributed by atoms with E-state index in [-0.39, 0.29) is 46.9 Å². The number of halogens is 2. The number of amides is 6. The van der Waals surface area contributed by atoms with Crippen molar-refractivity contribution in [2.75, 3.05) is 25.4 Å². The highest BCUT2D eigenvalue weighted by Gasteiger charge is 2.40. The molecule has 0 radical (unpaired) electrons. The number of carbonyl (C=O) groups is 6. The summed E-state index contributed by atoms with van der Waals surface area (Å²) in [4.78, 5) is 81.5. The van der Waals surface area contributed by atoms with Crippen LogP contribution in [0.3, 0.4) is 0 Å². The lowest BCUT2D eigenvalue weighted by Crippen LogP contribution is -2.30. The van der Waals surface area contributed by atoms with Crippen LogP contribution in [-0.4, -0.2) is 95.0 Å². The minimum atomic E-state index is -0.544. The van der Waals surface area contributed by atoms with Crippen LogP contribution in [0.1, 0.15) is 221 Å². The number of phenols is 2. The van der Waals surface area contributed by atoms with E-state index in [0.29, 0.717) is 95.7 Å². The zero-order valence-corrected chi connectivity index (χ0v) is 63.1. The van der Waals surface area contributed by atoms with E-state index in [2.05, 4.69) is 158 Å². The number of azo groups is 1. The number of carbonyl (C=O) groups excluding carboxylic acids is 6. The Balaban J connectivity index is 0.000000169. The average Bonchev–Trinajstić information content (AvgIpc) is 1.73. The van der Waals surface area contributed by atoms with Gasteiger partial charge in [0.15, 0.2) is 0 Å². The van der Waals surface area contributed by atoms with Gasteiger partial charge in [-0.15, -0.1) is 25.2 Å². The second-order valence-corrected chi connectivity index (χ2v) is 30.1. The van der Waals surface area contributed by atoms with Gasteiger partial charge in [-0.25, -0.2) is 0 Å². The largest absolute Gasteiger partial charge is 0.505 e. The van der Waals surface area contributed by atoms with Crippen LogP contribution in [0.5, 0.6) is 11.5 Å². The molecule has 10 aromatic rings. The monoisotopic (exact) mass is 1510 g/mol. The molecule has 1 aromatic heterocycles. The Hall–Kier alpha value is -10.2. The number of unbranched alkanes of at least 4 members (excludes halogenated alkanes) is 3. The van der Waals surface area contributed by atoms with E-state index in [1.165, 1.54) is 19.5 Å². The lowest BCUT2D eigenvalue weighted by molar-refractivity contribution is 0.0636. The summed E-state index contributed by atoms with van der Waals surface area (Å²) in [7, 11) is 0. The third-order valence-electron chi connectivity index (χ3n) is 20.2. The molecule has 9 aromatic carbocycles. The van der Waals surface area contributed by atoms with Gasteiger partial charge in [-0.3, -0.25) is 43.5 Å². The maximum Gasteiger partial charge on any atom is 0.261 e. The molecule has 13 rings (SSSR count). The highest BCUT2D eigenvalue weighted by molar-refractivity contribution is 9.11. The molecule has 3 aliphatic rings. The lowest BCUT2D eigenvalue weighted by atomic mass is 9.72. The predicted octanol–water partition coefficient (Wildman–Crippen LogP) is 19.2. The molecule has 0 bridgehead atoms. The number of nitrogens with zero attached hydrogens (tertiary/aromatic N) is 8. The third-order valence-corrected chi connectivity index (χ3v) is 21.6. The molecule has 17 nitrogen and oxygen atoms in total. The van der Waals surface area contributed by atoms with E-state index >= 15 is 0 Å². The van der Waals surface area contributed by atoms with Gasteiger partial charge in [0.2, 0.25) is 0 Å². The molecule has 0 saturated carbocycles. The van der Waals surface area contributed by atoms with Crippen molar-refractivity contribution in [3.63, 3.8) is 0 Å². The van der Waals surface area contributed by atoms with E-state index in [4.69, 9.17) is 15.9 Å². The summed E-state index contributed by atoms with van der Waals surface area (Å²) in [5, 5.41) is 42.0. The van der Waals surface area contributed by atoms with Crippen LogP contribution < -0.4 is 5.73 Å². The molecular weight excluding hydrogens is 1420 g/mol. The maximum atomic E-state index is 13.1. The van der Waals surface area contributed by atoms with Crippen LogP contribution in [0.2, 0.25) is 0 Å². The number of hydrogen-bond donors (Lipinski definition) is 3. The number of hydrogen-bond acceptors (Lipinski definition) is 13. The highest BCUT2D eigenvalue weighted by Crippen LogP contribution is 2.48. The van der Waals surface area contributed by atoms with E-state index in [9.17, 15) is 39.0 Å². The molecule has 0 unspecified atom stereocenters. The number of aromatic nitrogens is 3. The Morgan fingerprint density at radius 3 is 1.09 bits per heavy atom. The third kappa shape index (κ3) is 14.4. The van der Waals surface area contributed by atoms with Gasteiger partial charge in [-0.1, -0.05) is 229 Å². The van der Waals surface area contributed by atoms with Crippen molar-refractivity contribution in [2.24, 2.45) is 10.2 Å². The standard InChI is InChI=1S/C36H36BrN3O3.C36H36N4O3.C12H13BrN2O2/c1-6-7-18-40-33(42)26-21-29(37)30(22-27(26)34(40)43)38-39-31-20-25(35(2,3)23-14-10-8-11-15-23)19-28(32(31)41)36(4,5)24-16-12-9-13-17-24;1-6-7-18-39-33(42)26-21-29-30(22-27(26)34(39)43)38-40(37-29)31-20-25(35(2,3)23-14-10-8-11-15-23)19-28(32(31)41)36(4,5)24-16-12-9-13-17-24;1-2-3-4-15-11(16)7-5-9(13)10(14)6-8(7)12(15)17/h2*8-17,19-22,41H,6-7,18H2,1-5H3;5-6H,2-4,14H2,1H3. The number of anilines is 1. The quantitative estimate of drug-likeness (QED) is 0.0369. The molecule has 0 atom stereocenters. The van der Waals surface area contributed by atoms with E-state index in [1.807, 2.05) is 106 Å². The first kappa shape index (κ1) is 74.0. The predicted molar refractivity (Wildman–Crippen MR) is 411 cm³/mol. The summed E-state index contributed by atoms with van der Waals surface area (Å²) in [5.41, 5.74) is 16.4. The highest BCUT2D eigenvalue weighted by atomic mass is 79.9. The normalized spacial score (nSPS) is 13.8. The van der Waals surface area contributed by atoms with Crippen molar-refractivity contribution >= 4 is 95.4 Å². The number of aromatic hydroxyl groups is 2. The van der Waals surface area contributed by atoms with Crippen LogP contribution in [0.4, 0.5) is 17.1 Å². The van der Waals surface area contributed by atoms with Crippen molar-refractivity contribution in [3.05, 3.63) is 269 Å². The van der Waals surface area contributed by atoms with E-state index in [1.54, 1.807) is 36.4 Å². The fourth-order valence-corrected chi connectivity index (χ4v) is 14.1. The number of fused-ring (bicyclic) bond motifs is 4. The van der Waals surface area contributed by atoms with Crippen LogP contribution in [0.15, 0.2) is 201 Å². The fourth-order valence-electron chi connectivity index (χ4n) is 13.4. The van der Waals surface area contributed by atoms with E-state index in [0.717, 1.165) is 83.0 Å².